The minimum absolute atomic E-state index is 0.158. The van der Waals surface area contributed by atoms with Crippen LogP contribution in [-0.2, 0) is 9.59 Å². The molecule has 226 valence electrons. The Morgan fingerprint density at radius 2 is 1.58 bits per heavy atom. The number of hydrogen-bond acceptors (Lipinski definition) is 8. The Morgan fingerprint density at radius 3 is 2.16 bits per heavy atom. The van der Waals surface area contributed by atoms with Crippen molar-refractivity contribution in [2.75, 3.05) is 6.54 Å². The summed E-state index contributed by atoms with van der Waals surface area (Å²) in [5.74, 6) is -10.6. The van der Waals surface area contributed by atoms with Crippen LogP contribution in [0.3, 0.4) is 0 Å². The Bertz CT molecular complexity index is 1680. The highest BCUT2D eigenvalue weighted by Crippen LogP contribution is 2.42. The number of carbonyl (C=O) groups is 3. The lowest BCUT2D eigenvalue weighted by Gasteiger charge is -2.19. The number of esters is 2. The fourth-order valence-electron chi connectivity index (χ4n) is 3.37. The van der Waals surface area contributed by atoms with E-state index >= 15 is 0 Å². The number of nitrogens with one attached hydrogen (secondary N) is 3. The summed E-state index contributed by atoms with van der Waals surface area (Å²) in [5, 5.41) is 19.6. The average Bonchev–Trinajstić information content (AvgIpc) is 2.91. The first-order valence-corrected chi connectivity index (χ1v) is 11.5. The van der Waals surface area contributed by atoms with Gasteiger partial charge in [0.25, 0.3) is 5.91 Å². The van der Waals surface area contributed by atoms with Gasteiger partial charge in [-0.25, -0.2) is 9.59 Å². The summed E-state index contributed by atoms with van der Waals surface area (Å²) in [6, 6.07) is 7.42. The molecule has 0 unspecified atom stereocenters. The number of aromatic amines is 1. The van der Waals surface area contributed by atoms with Gasteiger partial charge in [-0.05, 0) is 42.0 Å². The molecule has 0 aliphatic rings. The average molecular weight is 612 g/mol. The van der Waals surface area contributed by atoms with Gasteiger partial charge in [-0.15, -0.1) is 0 Å². The van der Waals surface area contributed by atoms with Crippen LogP contribution in [0.1, 0.15) is 21.5 Å². The molecule has 0 radical (unpaired) electrons. The predicted molar refractivity (Wildman–Crippen MR) is 136 cm³/mol. The highest BCUT2D eigenvalue weighted by atomic mass is 19.4. The van der Waals surface area contributed by atoms with E-state index in [4.69, 9.17) is 11.1 Å². The molecule has 0 bridgehead atoms. The molecule has 1 aromatic heterocycles. The van der Waals surface area contributed by atoms with E-state index in [-0.39, 0.29) is 28.3 Å². The number of phenols is 1. The molecule has 0 fully saturated rings. The third-order valence-corrected chi connectivity index (χ3v) is 5.31. The van der Waals surface area contributed by atoms with Crippen molar-refractivity contribution in [2.24, 2.45) is 5.73 Å². The molecule has 3 aromatic rings. The van der Waals surface area contributed by atoms with Gasteiger partial charge in [-0.2, -0.15) is 26.3 Å². The van der Waals surface area contributed by atoms with E-state index < -0.39 is 64.9 Å². The summed E-state index contributed by atoms with van der Waals surface area (Å²) < 4.78 is 87.1. The monoisotopic (exact) mass is 612 g/mol. The van der Waals surface area contributed by atoms with Crippen LogP contribution >= 0.6 is 0 Å². The molecule has 1 amide bonds. The fourth-order valence-corrected chi connectivity index (χ4v) is 3.37. The third-order valence-electron chi connectivity index (χ3n) is 5.31. The number of nitrogens with two attached hydrogens (primary N) is 1. The Kier molecular flexibility index (Phi) is 9.27. The molecule has 0 aliphatic heterocycles. The number of benzene rings is 2. The number of carbonyl (C=O) groups excluding carboxylic acids is 3. The van der Waals surface area contributed by atoms with Gasteiger partial charge in [0.1, 0.15) is 11.6 Å². The number of phenolic OH excluding ortho intramolecular Hbond substituents is 1. The van der Waals surface area contributed by atoms with Gasteiger partial charge in [0.2, 0.25) is 5.56 Å². The molecule has 17 heteroatoms. The summed E-state index contributed by atoms with van der Waals surface area (Å²) in [6.07, 6.45) is -7.83. The second-order valence-electron chi connectivity index (χ2n) is 8.33. The van der Waals surface area contributed by atoms with Crippen LogP contribution in [0, 0.1) is 5.41 Å². The van der Waals surface area contributed by atoms with Crippen LogP contribution in [0.25, 0.3) is 17.2 Å². The molecule has 3 rings (SSSR count). The molecule has 11 nitrogen and oxygen atoms in total. The van der Waals surface area contributed by atoms with E-state index in [0.29, 0.717) is 0 Å². The molecule has 2 aromatic carbocycles. The lowest BCUT2D eigenvalue weighted by Crippen LogP contribution is -2.32. The van der Waals surface area contributed by atoms with E-state index in [1.165, 1.54) is 30.4 Å². The lowest BCUT2D eigenvalue weighted by molar-refractivity contribution is -0.191. The number of alkyl halides is 6. The number of aromatic hydroxyl groups is 1. The van der Waals surface area contributed by atoms with Gasteiger partial charge in [0.05, 0.1) is 5.56 Å². The standard InChI is InChI=1S/C26H18F6N4O7/c27-25(28,29)23(40)42-19-15(12-7-9-35-18(38)11-12)4-5-16(20(19)43-24(41)26(30,31)32)22(39)36-8-1-2-13-10-14(21(33)34)3-6-17(13)37/h1-7,9-11,37H,8H2,(H3,33,34)(H,35,38)(H,36,39)/b2-1+. The van der Waals surface area contributed by atoms with Crippen LogP contribution in [0.5, 0.6) is 17.2 Å². The third kappa shape index (κ3) is 7.99. The molecule has 0 aliphatic carbocycles. The van der Waals surface area contributed by atoms with Crippen LogP contribution in [0.4, 0.5) is 26.3 Å². The fraction of sp³-hybridized carbons (Fsp3) is 0.115. The summed E-state index contributed by atoms with van der Waals surface area (Å²) in [4.78, 5) is 50.3. The number of ether oxygens (including phenoxy) is 2. The lowest BCUT2D eigenvalue weighted by atomic mass is 10.0. The van der Waals surface area contributed by atoms with E-state index in [2.05, 4.69) is 19.8 Å². The molecule has 0 spiro atoms. The van der Waals surface area contributed by atoms with Gasteiger partial charge in [0, 0.05) is 35.5 Å². The van der Waals surface area contributed by atoms with Crippen molar-refractivity contribution in [3.63, 3.8) is 0 Å². The van der Waals surface area contributed by atoms with Crippen LogP contribution in [0.2, 0.25) is 0 Å². The Balaban J connectivity index is 2.07. The smallest absolute Gasteiger partial charge is 0.491 e. The maximum atomic E-state index is 13.1. The number of halogens is 6. The number of amides is 1. The van der Waals surface area contributed by atoms with Gasteiger partial charge >= 0.3 is 24.3 Å². The van der Waals surface area contributed by atoms with E-state index in [1.54, 1.807) is 0 Å². The number of aromatic nitrogens is 1. The number of pyridine rings is 1. The number of rotatable bonds is 8. The second kappa shape index (κ2) is 12.5. The van der Waals surface area contributed by atoms with Crippen molar-refractivity contribution in [3.05, 3.63) is 81.8 Å². The van der Waals surface area contributed by atoms with Gasteiger partial charge in [-0.3, -0.25) is 15.0 Å². The molecule has 6 N–H and O–H groups in total. The summed E-state index contributed by atoms with van der Waals surface area (Å²) in [6.45, 7) is -0.400. The summed E-state index contributed by atoms with van der Waals surface area (Å²) in [7, 11) is 0. The number of nitrogen functional groups attached to an aromatic ring is 1. The van der Waals surface area contributed by atoms with Gasteiger partial charge in [-0.1, -0.05) is 12.2 Å². The zero-order chi connectivity index (χ0) is 32.1. The maximum Gasteiger partial charge on any atom is 0.491 e. The van der Waals surface area contributed by atoms with Crippen molar-refractivity contribution in [3.8, 4) is 28.4 Å². The second-order valence-corrected chi connectivity index (χ2v) is 8.33. The van der Waals surface area contributed by atoms with E-state index in [1.807, 2.05) is 0 Å². The number of H-pyrrole nitrogens is 1. The normalized spacial score (nSPS) is 11.7. The quantitative estimate of drug-likeness (QED) is 0.0843. The molecular formula is C26H18F6N4O7. The number of hydrogen-bond donors (Lipinski definition) is 5. The van der Waals surface area contributed by atoms with Crippen molar-refractivity contribution in [1.82, 2.24) is 10.3 Å². The SMILES string of the molecule is N=C(N)c1ccc(O)c(/C=C/CNC(=O)c2ccc(-c3cc[nH]c(=O)c3)c(OC(=O)C(F)(F)F)c2OC(=O)C(F)(F)F)c1. The van der Waals surface area contributed by atoms with Crippen molar-refractivity contribution >= 4 is 29.8 Å². The van der Waals surface area contributed by atoms with Gasteiger partial charge in [0.15, 0.2) is 11.5 Å². The zero-order valence-corrected chi connectivity index (χ0v) is 21.2. The van der Waals surface area contributed by atoms with E-state index in [9.17, 15) is 50.6 Å². The molecule has 43 heavy (non-hydrogen) atoms. The Labute approximate surface area is 236 Å². The highest BCUT2D eigenvalue weighted by molar-refractivity contribution is 6.01. The first-order valence-electron chi connectivity index (χ1n) is 11.5. The molecular weight excluding hydrogens is 594 g/mol. The molecule has 0 atom stereocenters. The van der Waals surface area contributed by atoms with Crippen LogP contribution < -0.4 is 26.1 Å². The first kappa shape index (κ1) is 31.9. The van der Waals surface area contributed by atoms with Crippen LogP contribution in [-0.4, -0.2) is 52.7 Å². The van der Waals surface area contributed by atoms with Crippen molar-refractivity contribution in [1.29, 1.82) is 5.41 Å². The maximum absolute atomic E-state index is 13.1. The van der Waals surface area contributed by atoms with E-state index in [0.717, 1.165) is 30.5 Å². The van der Waals surface area contributed by atoms with Crippen LogP contribution in [0.15, 0.2) is 59.5 Å². The van der Waals surface area contributed by atoms with Crippen molar-refractivity contribution < 1.29 is 55.3 Å². The van der Waals surface area contributed by atoms with Gasteiger partial charge < -0.3 is 30.6 Å². The van der Waals surface area contributed by atoms with Crippen molar-refractivity contribution in [2.45, 2.75) is 12.4 Å². The minimum atomic E-state index is -5.70. The molecule has 1 heterocycles. The Hall–Kier alpha value is -5.61. The first-order chi connectivity index (χ1) is 20.0. The minimum Gasteiger partial charge on any atom is -0.507 e. The summed E-state index contributed by atoms with van der Waals surface area (Å²) in [5.41, 5.74) is 3.15. The highest BCUT2D eigenvalue weighted by Gasteiger charge is 2.45. The summed E-state index contributed by atoms with van der Waals surface area (Å²) >= 11 is 0. The molecule has 0 saturated heterocycles. The predicted octanol–water partition coefficient (Wildman–Crippen LogP) is 3.41. The molecule has 0 saturated carbocycles. The largest absolute Gasteiger partial charge is 0.507 e. The Morgan fingerprint density at radius 1 is 0.953 bits per heavy atom. The zero-order valence-electron chi connectivity index (χ0n) is 21.2. The topological polar surface area (TPSA) is 185 Å². The number of amidine groups is 1.